The molecule has 0 aliphatic rings. The summed E-state index contributed by atoms with van der Waals surface area (Å²) in [5.74, 6) is 0.933. The maximum atomic E-state index is 6.07. The molecular weight excluding hydrogens is 257 g/mol. The molecule has 2 aromatic rings. The van der Waals surface area contributed by atoms with Crippen molar-refractivity contribution in [1.29, 1.82) is 0 Å². The number of hydrogen-bond donors (Lipinski definition) is 1. The van der Waals surface area contributed by atoms with E-state index in [1.807, 2.05) is 24.3 Å². The standard InChI is InChI=1S/C13H13Cl2NO/c14-11-3-4-13(15)10(8-11)5-6-16-9-12-2-1-7-17-12/h1-4,7-8,16H,5-6,9H2. The quantitative estimate of drug-likeness (QED) is 0.833. The summed E-state index contributed by atoms with van der Waals surface area (Å²) in [5.41, 5.74) is 1.06. The predicted molar refractivity (Wildman–Crippen MR) is 70.6 cm³/mol. The Hall–Kier alpha value is -0.960. The Balaban J connectivity index is 1.80. The van der Waals surface area contributed by atoms with Crippen LogP contribution in [0, 0.1) is 0 Å². The zero-order chi connectivity index (χ0) is 12.1. The minimum Gasteiger partial charge on any atom is -0.468 e. The van der Waals surface area contributed by atoms with Crippen molar-refractivity contribution in [1.82, 2.24) is 5.32 Å². The molecule has 0 fully saturated rings. The molecular formula is C13H13Cl2NO. The van der Waals surface area contributed by atoms with E-state index in [0.29, 0.717) is 0 Å². The van der Waals surface area contributed by atoms with Gasteiger partial charge in [0.1, 0.15) is 5.76 Å². The molecule has 0 unspecified atom stereocenters. The summed E-state index contributed by atoms with van der Waals surface area (Å²) in [6, 6.07) is 9.35. The largest absolute Gasteiger partial charge is 0.468 e. The summed E-state index contributed by atoms with van der Waals surface area (Å²) < 4.78 is 5.22. The van der Waals surface area contributed by atoms with E-state index in [-0.39, 0.29) is 0 Å². The average molecular weight is 270 g/mol. The first-order chi connectivity index (χ1) is 8.25. The van der Waals surface area contributed by atoms with Crippen molar-refractivity contribution < 1.29 is 4.42 Å². The van der Waals surface area contributed by atoms with Gasteiger partial charge in [-0.25, -0.2) is 0 Å². The first-order valence-electron chi connectivity index (χ1n) is 5.43. The van der Waals surface area contributed by atoms with Crippen LogP contribution in [0.15, 0.2) is 41.0 Å². The van der Waals surface area contributed by atoms with Crippen molar-refractivity contribution >= 4 is 23.2 Å². The lowest BCUT2D eigenvalue weighted by Gasteiger charge is -2.05. The SMILES string of the molecule is Clc1ccc(Cl)c(CCNCc2ccco2)c1. The highest BCUT2D eigenvalue weighted by Gasteiger charge is 2.01. The Morgan fingerprint density at radius 1 is 1.18 bits per heavy atom. The Morgan fingerprint density at radius 3 is 2.82 bits per heavy atom. The van der Waals surface area contributed by atoms with Gasteiger partial charge in [-0.15, -0.1) is 0 Å². The topological polar surface area (TPSA) is 25.2 Å². The lowest BCUT2D eigenvalue weighted by Crippen LogP contribution is -2.16. The molecule has 2 nitrogen and oxygen atoms in total. The van der Waals surface area contributed by atoms with Crippen molar-refractivity contribution in [2.75, 3.05) is 6.54 Å². The summed E-state index contributed by atoms with van der Waals surface area (Å²) in [6.45, 7) is 1.56. The molecule has 1 aromatic heterocycles. The molecule has 1 heterocycles. The fourth-order valence-corrected chi connectivity index (χ4v) is 1.99. The summed E-state index contributed by atoms with van der Waals surface area (Å²) in [6.07, 6.45) is 2.52. The number of benzene rings is 1. The second-order valence-corrected chi connectivity index (χ2v) is 4.59. The second kappa shape index (κ2) is 6.10. The number of nitrogens with one attached hydrogen (secondary N) is 1. The Bertz CT molecular complexity index is 468. The molecule has 1 aromatic carbocycles. The highest BCUT2D eigenvalue weighted by atomic mass is 35.5. The Kier molecular flexibility index (Phi) is 4.49. The van der Waals surface area contributed by atoms with Crippen LogP contribution >= 0.6 is 23.2 Å². The molecule has 1 N–H and O–H groups in total. The molecule has 0 radical (unpaired) electrons. The van der Waals surface area contributed by atoms with Crippen LogP contribution in [0.5, 0.6) is 0 Å². The van der Waals surface area contributed by atoms with Gasteiger partial charge in [-0.2, -0.15) is 0 Å². The molecule has 0 spiro atoms. The first-order valence-corrected chi connectivity index (χ1v) is 6.18. The van der Waals surface area contributed by atoms with E-state index < -0.39 is 0 Å². The monoisotopic (exact) mass is 269 g/mol. The molecule has 0 aliphatic carbocycles. The molecule has 0 saturated carbocycles. The maximum absolute atomic E-state index is 6.07. The smallest absolute Gasteiger partial charge is 0.117 e. The van der Waals surface area contributed by atoms with Crippen LogP contribution in [0.25, 0.3) is 0 Å². The second-order valence-electron chi connectivity index (χ2n) is 3.74. The van der Waals surface area contributed by atoms with Crippen LogP contribution in [-0.2, 0) is 13.0 Å². The van der Waals surface area contributed by atoms with Crippen molar-refractivity contribution in [3.8, 4) is 0 Å². The molecule has 0 aliphatic heterocycles. The van der Waals surface area contributed by atoms with E-state index in [4.69, 9.17) is 27.6 Å². The van der Waals surface area contributed by atoms with E-state index >= 15 is 0 Å². The maximum Gasteiger partial charge on any atom is 0.117 e. The van der Waals surface area contributed by atoms with E-state index in [9.17, 15) is 0 Å². The van der Waals surface area contributed by atoms with Gasteiger partial charge in [-0.05, 0) is 48.9 Å². The molecule has 0 amide bonds. The molecule has 17 heavy (non-hydrogen) atoms. The van der Waals surface area contributed by atoms with E-state index in [1.54, 1.807) is 12.3 Å². The van der Waals surface area contributed by atoms with Gasteiger partial charge in [0.2, 0.25) is 0 Å². The molecule has 4 heteroatoms. The highest BCUT2D eigenvalue weighted by Crippen LogP contribution is 2.20. The van der Waals surface area contributed by atoms with Crippen LogP contribution in [0.2, 0.25) is 10.0 Å². The van der Waals surface area contributed by atoms with E-state index in [2.05, 4.69) is 5.32 Å². The van der Waals surface area contributed by atoms with Gasteiger partial charge in [-0.3, -0.25) is 0 Å². The fraction of sp³-hybridized carbons (Fsp3) is 0.231. The minimum atomic E-state index is 0.718. The van der Waals surface area contributed by atoms with Crippen LogP contribution in [0.1, 0.15) is 11.3 Å². The van der Waals surface area contributed by atoms with Gasteiger partial charge in [0, 0.05) is 10.0 Å². The van der Waals surface area contributed by atoms with Gasteiger partial charge in [-0.1, -0.05) is 23.2 Å². The van der Waals surface area contributed by atoms with Gasteiger partial charge in [0.15, 0.2) is 0 Å². The van der Waals surface area contributed by atoms with Gasteiger partial charge in [0.25, 0.3) is 0 Å². The van der Waals surface area contributed by atoms with Crippen LogP contribution in [-0.4, -0.2) is 6.54 Å². The Morgan fingerprint density at radius 2 is 2.06 bits per heavy atom. The normalized spacial score (nSPS) is 10.7. The first kappa shape index (κ1) is 12.5. The van der Waals surface area contributed by atoms with Crippen LogP contribution in [0.3, 0.4) is 0 Å². The van der Waals surface area contributed by atoms with E-state index in [0.717, 1.165) is 40.9 Å². The predicted octanol–water partition coefficient (Wildman–Crippen LogP) is 3.92. The van der Waals surface area contributed by atoms with Gasteiger partial charge >= 0.3 is 0 Å². The lowest BCUT2D eigenvalue weighted by atomic mass is 10.1. The third kappa shape index (κ3) is 3.77. The summed E-state index contributed by atoms with van der Waals surface area (Å²) in [4.78, 5) is 0. The Labute approximate surface area is 111 Å². The molecule has 0 atom stereocenters. The average Bonchev–Trinajstić information content (AvgIpc) is 2.82. The zero-order valence-electron chi connectivity index (χ0n) is 9.25. The molecule has 0 bridgehead atoms. The summed E-state index contributed by atoms with van der Waals surface area (Å²) >= 11 is 12.0. The van der Waals surface area contributed by atoms with Crippen molar-refractivity contribution in [2.24, 2.45) is 0 Å². The number of rotatable bonds is 5. The number of halogens is 2. The highest BCUT2D eigenvalue weighted by molar-refractivity contribution is 6.33. The molecule has 90 valence electrons. The molecule has 0 saturated heterocycles. The minimum absolute atomic E-state index is 0.718. The third-order valence-electron chi connectivity index (χ3n) is 2.46. The number of hydrogen-bond acceptors (Lipinski definition) is 2. The summed E-state index contributed by atoms with van der Waals surface area (Å²) in [5, 5.41) is 4.76. The van der Waals surface area contributed by atoms with Crippen LogP contribution in [0.4, 0.5) is 0 Å². The van der Waals surface area contributed by atoms with Crippen molar-refractivity contribution in [3.05, 3.63) is 58.0 Å². The lowest BCUT2D eigenvalue weighted by molar-refractivity contribution is 0.484. The summed E-state index contributed by atoms with van der Waals surface area (Å²) in [7, 11) is 0. The van der Waals surface area contributed by atoms with Gasteiger partial charge < -0.3 is 9.73 Å². The number of furan rings is 1. The fourth-order valence-electron chi connectivity index (χ4n) is 1.58. The van der Waals surface area contributed by atoms with Crippen molar-refractivity contribution in [2.45, 2.75) is 13.0 Å². The van der Waals surface area contributed by atoms with E-state index in [1.165, 1.54) is 0 Å². The zero-order valence-corrected chi connectivity index (χ0v) is 10.8. The van der Waals surface area contributed by atoms with Crippen LogP contribution < -0.4 is 5.32 Å². The molecule has 2 rings (SSSR count). The third-order valence-corrected chi connectivity index (χ3v) is 3.06. The van der Waals surface area contributed by atoms with Gasteiger partial charge in [0.05, 0.1) is 12.8 Å². The van der Waals surface area contributed by atoms with Crippen molar-refractivity contribution in [3.63, 3.8) is 0 Å².